The normalized spacial score (nSPS) is 10.4. The molecule has 0 saturated heterocycles. The zero-order chi connectivity index (χ0) is 13.7. The summed E-state index contributed by atoms with van der Waals surface area (Å²) >= 11 is 0. The molecule has 98 valence electrons. The highest BCUT2D eigenvalue weighted by Crippen LogP contribution is 2.10. The predicted octanol–water partition coefficient (Wildman–Crippen LogP) is 1.00. The van der Waals surface area contributed by atoms with Crippen molar-refractivity contribution in [3.05, 3.63) is 59.4 Å². The fourth-order valence-electron chi connectivity index (χ4n) is 1.61. The number of aromatic nitrogens is 2. The average molecular weight is 260 g/mol. The number of carbonyl (C=O) groups is 1. The van der Waals surface area contributed by atoms with E-state index in [-0.39, 0.29) is 12.4 Å². The molecule has 0 saturated carbocycles. The van der Waals surface area contributed by atoms with E-state index in [1.165, 1.54) is 24.5 Å². The molecule has 0 radical (unpaired) electrons. The van der Waals surface area contributed by atoms with E-state index in [1.54, 1.807) is 12.3 Å². The summed E-state index contributed by atoms with van der Waals surface area (Å²) in [5, 5.41) is 3.04. The van der Waals surface area contributed by atoms with Crippen molar-refractivity contribution in [2.75, 3.05) is 0 Å². The molecule has 1 aromatic carbocycles. The third kappa shape index (κ3) is 3.56. The van der Waals surface area contributed by atoms with Crippen LogP contribution in [0.1, 0.15) is 21.6 Å². The van der Waals surface area contributed by atoms with Crippen molar-refractivity contribution in [2.45, 2.75) is 13.1 Å². The quantitative estimate of drug-likeness (QED) is 0.840. The fraction of sp³-hybridized carbons (Fsp3) is 0.154. The van der Waals surface area contributed by atoms with Gasteiger partial charge in [-0.15, -0.1) is 0 Å². The second-order valence-corrected chi connectivity index (χ2v) is 3.97. The molecule has 0 bridgehead atoms. The number of nitrogens with one attached hydrogen (secondary N) is 1. The molecule has 0 aliphatic rings. The summed E-state index contributed by atoms with van der Waals surface area (Å²) in [5.74, 6) is -0.947. The van der Waals surface area contributed by atoms with Crippen molar-refractivity contribution in [1.82, 2.24) is 15.3 Å². The molecule has 2 rings (SSSR count). The largest absolute Gasteiger partial charge is 0.366 e. The second-order valence-electron chi connectivity index (χ2n) is 3.97. The summed E-state index contributed by atoms with van der Waals surface area (Å²) in [6, 6.07) is 5.82. The van der Waals surface area contributed by atoms with Crippen LogP contribution in [0.15, 0.2) is 36.8 Å². The minimum absolute atomic E-state index is 0.289. The van der Waals surface area contributed by atoms with Gasteiger partial charge in [0.2, 0.25) is 5.91 Å². The van der Waals surface area contributed by atoms with E-state index in [0.717, 1.165) is 5.69 Å². The van der Waals surface area contributed by atoms with Gasteiger partial charge in [-0.1, -0.05) is 0 Å². The minimum Gasteiger partial charge on any atom is -0.366 e. The molecular weight excluding hydrogens is 247 g/mol. The summed E-state index contributed by atoms with van der Waals surface area (Å²) in [5.41, 5.74) is 6.65. The Morgan fingerprint density at radius 3 is 2.84 bits per heavy atom. The Bertz CT molecular complexity index is 574. The highest BCUT2D eigenvalue weighted by molar-refractivity contribution is 5.92. The monoisotopic (exact) mass is 260 g/mol. The molecule has 1 heterocycles. The second kappa shape index (κ2) is 6.01. The lowest BCUT2D eigenvalue weighted by atomic mass is 10.1. The van der Waals surface area contributed by atoms with Crippen molar-refractivity contribution in [1.29, 1.82) is 0 Å². The first-order chi connectivity index (χ1) is 9.16. The first-order valence-corrected chi connectivity index (χ1v) is 5.70. The smallest absolute Gasteiger partial charge is 0.248 e. The SMILES string of the molecule is NC(=O)c1ccc(F)c(CNCc2ccncn2)c1. The number of hydrogen-bond acceptors (Lipinski definition) is 4. The van der Waals surface area contributed by atoms with Crippen LogP contribution < -0.4 is 11.1 Å². The van der Waals surface area contributed by atoms with Crippen LogP contribution in [-0.2, 0) is 13.1 Å². The van der Waals surface area contributed by atoms with Gasteiger partial charge >= 0.3 is 0 Å². The molecule has 0 spiro atoms. The molecule has 19 heavy (non-hydrogen) atoms. The maximum Gasteiger partial charge on any atom is 0.248 e. The van der Waals surface area contributed by atoms with E-state index in [9.17, 15) is 9.18 Å². The first kappa shape index (κ1) is 13.1. The number of carbonyl (C=O) groups excluding carboxylic acids is 1. The Morgan fingerprint density at radius 2 is 2.16 bits per heavy atom. The van der Waals surface area contributed by atoms with Crippen LogP contribution in [0.5, 0.6) is 0 Å². The van der Waals surface area contributed by atoms with E-state index in [0.29, 0.717) is 17.7 Å². The van der Waals surface area contributed by atoms with Crippen molar-refractivity contribution in [3.8, 4) is 0 Å². The van der Waals surface area contributed by atoms with Crippen LogP contribution in [-0.4, -0.2) is 15.9 Å². The molecule has 0 aliphatic heterocycles. The van der Waals surface area contributed by atoms with Gasteiger partial charge in [0.25, 0.3) is 0 Å². The van der Waals surface area contributed by atoms with Crippen LogP contribution >= 0.6 is 0 Å². The predicted molar refractivity (Wildman–Crippen MR) is 67.5 cm³/mol. The Balaban J connectivity index is 1.99. The van der Waals surface area contributed by atoms with Gasteiger partial charge in [0.1, 0.15) is 12.1 Å². The van der Waals surface area contributed by atoms with E-state index in [4.69, 9.17) is 5.73 Å². The van der Waals surface area contributed by atoms with Crippen molar-refractivity contribution >= 4 is 5.91 Å². The van der Waals surface area contributed by atoms with Crippen LogP contribution in [0.2, 0.25) is 0 Å². The molecule has 6 heteroatoms. The lowest BCUT2D eigenvalue weighted by Crippen LogP contribution is -2.16. The van der Waals surface area contributed by atoms with Gasteiger partial charge in [-0.25, -0.2) is 14.4 Å². The van der Waals surface area contributed by atoms with Crippen LogP contribution in [0.3, 0.4) is 0 Å². The number of nitrogens with two attached hydrogens (primary N) is 1. The molecule has 5 nitrogen and oxygen atoms in total. The number of primary amides is 1. The molecular formula is C13H13FN4O. The molecule has 0 aliphatic carbocycles. The lowest BCUT2D eigenvalue weighted by Gasteiger charge is -2.07. The summed E-state index contributed by atoms with van der Waals surface area (Å²) in [7, 11) is 0. The standard InChI is InChI=1S/C13H13FN4O/c14-12-2-1-9(13(15)19)5-10(12)6-17-7-11-3-4-16-8-18-11/h1-5,8,17H,6-7H2,(H2,15,19). The number of rotatable bonds is 5. The van der Waals surface area contributed by atoms with Crippen LogP contribution in [0.4, 0.5) is 4.39 Å². The van der Waals surface area contributed by atoms with Gasteiger partial charge in [-0.3, -0.25) is 4.79 Å². The Hall–Kier alpha value is -2.34. The third-order valence-corrected chi connectivity index (χ3v) is 2.60. The fourth-order valence-corrected chi connectivity index (χ4v) is 1.61. The maximum atomic E-state index is 13.5. The number of amides is 1. The Kier molecular flexibility index (Phi) is 4.15. The molecule has 0 atom stereocenters. The molecule has 0 unspecified atom stereocenters. The number of hydrogen-bond donors (Lipinski definition) is 2. The topological polar surface area (TPSA) is 80.9 Å². The molecule has 1 aromatic heterocycles. The van der Waals surface area contributed by atoms with Crippen molar-refractivity contribution < 1.29 is 9.18 Å². The zero-order valence-corrected chi connectivity index (χ0v) is 10.1. The summed E-state index contributed by atoms with van der Waals surface area (Å²) in [4.78, 5) is 18.9. The first-order valence-electron chi connectivity index (χ1n) is 5.70. The van der Waals surface area contributed by atoms with Crippen molar-refractivity contribution in [2.24, 2.45) is 5.73 Å². The number of halogens is 1. The van der Waals surface area contributed by atoms with Gasteiger partial charge < -0.3 is 11.1 Å². The van der Waals surface area contributed by atoms with Crippen molar-refractivity contribution in [3.63, 3.8) is 0 Å². The minimum atomic E-state index is -0.572. The molecule has 2 aromatic rings. The zero-order valence-electron chi connectivity index (χ0n) is 10.1. The summed E-state index contributed by atoms with van der Waals surface area (Å²) in [6.45, 7) is 0.777. The van der Waals surface area contributed by atoms with Gasteiger partial charge in [-0.05, 0) is 24.3 Å². The Morgan fingerprint density at radius 1 is 1.32 bits per heavy atom. The van der Waals surface area contributed by atoms with Crippen LogP contribution in [0.25, 0.3) is 0 Å². The summed E-state index contributed by atoms with van der Waals surface area (Å²) < 4.78 is 13.5. The highest BCUT2D eigenvalue weighted by atomic mass is 19.1. The third-order valence-electron chi connectivity index (χ3n) is 2.60. The molecule has 3 N–H and O–H groups in total. The highest BCUT2D eigenvalue weighted by Gasteiger charge is 2.06. The van der Waals surface area contributed by atoms with E-state index in [1.807, 2.05) is 0 Å². The van der Waals surface area contributed by atoms with Gasteiger partial charge in [0.15, 0.2) is 0 Å². The summed E-state index contributed by atoms with van der Waals surface area (Å²) in [6.07, 6.45) is 3.09. The van der Waals surface area contributed by atoms with E-state index < -0.39 is 5.91 Å². The average Bonchev–Trinajstić information content (AvgIpc) is 2.42. The number of nitrogens with zero attached hydrogens (tertiary/aromatic N) is 2. The van der Waals surface area contributed by atoms with E-state index in [2.05, 4.69) is 15.3 Å². The number of benzene rings is 1. The maximum absolute atomic E-state index is 13.5. The van der Waals surface area contributed by atoms with Gasteiger partial charge in [0.05, 0.1) is 5.69 Å². The molecule has 0 fully saturated rings. The lowest BCUT2D eigenvalue weighted by molar-refractivity contribution is 0.1000. The van der Waals surface area contributed by atoms with Gasteiger partial charge in [-0.2, -0.15) is 0 Å². The Labute approximate surface area is 109 Å². The molecule has 1 amide bonds. The van der Waals surface area contributed by atoms with E-state index >= 15 is 0 Å². The van der Waals surface area contributed by atoms with Crippen LogP contribution in [0, 0.1) is 5.82 Å². The van der Waals surface area contributed by atoms with Gasteiger partial charge in [0, 0.05) is 30.4 Å².